The van der Waals surface area contributed by atoms with E-state index in [-0.39, 0.29) is 0 Å². The van der Waals surface area contributed by atoms with E-state index in [9.17, 15) is 5.11 Å². The first-order chi connectivity index (χ1) is 10.3. The summed E-state index contributed by atoms with van der Waals surface area (Å²) in [5, 5.41) is 16.9. The number of rotatable bonds is 4. The summed E-state index contributed by atoms with van der Waals surface area (Å²) in [5.41, 5.74) is 3.18. The Morgan fingerprint density at radius 1 is 1.14 bits per heavy atom. The van der Waals surface area contributed by atoms with Gasteiger partial charge in [0.2, 0.25) is 0 Å². The predicted molar refractivity (Wildman–Crippen MR) is 82.2 cm³/mol. The minimum absolute atomic E-state index is 0.445. The number of benzene rings is 1. The highest BCUT2D eigenvalue weighted by atomic mass is 16.3. The molecule has 0 amide bonds. The number of nitrogens with zero attached hydrogens (tertiary/aromatic N) is 2. The molecule has 0 saturated heterocycles. The lowest BCUT2D eigenvalue weighted by molar-refractivity contribution is 0.191. The molecule has 1 atom stereocenters. The van der Waals surface area contributed by atoms with Crippen molar-refractivity contribution in [1.82, 2.24) is 15.3 Å². The average Bonchev–Trinajstić information content (AvgIpc) is 2.79. The van der Waals surface area contributed by atoms with Crippen LogP contribution in [0, 0.1) is 0 Å². The zero-order valence-electron chi connectivity index (χ0n) is 11.9. The smallest absolute Gasteiger partial charge is 0.132 e. The van der Waals surface area contributed by atoms with E-state index < -0.39 is 6.10 Å². The van der Waals surface area contributed by atoms with Gasteiger partial charge in [-0.05, 0) is 18.5 Å². The fraction of sp³-hybridized carbons (Fsp3) is 0.375. The predicted octanol–water partition coefficient (Wildman–Crippen LogP) is 1.31. The maximum atomic E-state index is 10.2. The molecule has 0 aliphatic carbocycles. The Balaban J connectivity index is 1.71. The monoisotopic (exact) mass is 284 g/mol. The first-order valence-electron chi connectivity index (χ1n) is 7.35. The van der Waals surface area contributed by atoms with E-state index in [1.54, 1.807) is 6.33 Å². The molecule has 1 aromatic heterocycles. The van der Waals surface area contributed by atoms with E-state index >= 15 is 0 Å². The second kappa shape index (κ2) is 6.65. The van der Waals surface area contributed by atoms with Gasteiger partial charge in [-0.2, -0.15) is 0 Å². The van der Waals surface area contributed by atoms with Crippen molar-refractivity contribution in [3.63, 3.8) is 0 Å². The summed E-state index contributed by atoms with van der Waals surface area (Å²) in [6.45, 7) is 2.34. The molecule has 1 aliphatic heterocycles. The standard InChI is InChI=1S/C16H20N4O/c21-15(12-4-2-1-3-5-12)10-18-16-13-6-8-17-9-7-14(13)19-11-20-16/h1-5,11,15,17,21H,6-10H2,(H,18,19,20). The summed E-state index contributed by atoms with van der Waals surface area (Å²) in [6.07, 6.45) is 2.90. The number of aliphatic hydroxyl groups is 1. The van der Waals surface area contributed by atoms with Gasteiger partial charge in [0.15, 0.2) is 0 Å². The molecule has 0 radical (unpaired) electrons. The van der Waals surface area contributed by atoms with Crippen LogP contribution >= 0.6 is 0 Å². The van der Waals surface area contributed by atoms with E-state index in [0.717, 1.165) is 43.0 Å². The number of aliphatic hydroxyl groups excluding tert-OH is 1. The van der Waals surface area contributed by atoms with Crippen molar-refractivity contribution in [2.45, 2.75) is 18.9 Å². The van der Waals surface area contributed by atoms with Crippen LogP contribution in [0.3, 0.4) is 0 Å². The Morgan fingerprint density at radius 3 is 2.81 bits per heavy atom. The van der Waals surface area contributed by atoms with E-state index in [0.29, 0.717) is 6.54 Å². The van der Waals surface area contributed by atoms with Crippen molar-refractivity contribution in [3.8, 4) is 0 Å². The Labute approximate surface area is 124 Å². The van der Waals surface area contributed by atoms with E-state index in [1.807, 2.05) is 30.3 Å². The fourth-order valence-corrected chi connectivity index (χ4v) is 2.61. The lowest BCUT2D eigenvalue weighted by atomic mass is 10.1. The Hall–Kier alpha value is -1.98. The molecule has 0 bridgehead atoms. The first kappa shape index (κ1) is 14.0. The Bertz CT molecular complexity index is 588. The third-order valence-electron chi connectivity index (χ3n) is 3.77. The van der Waals surface area contributed by atoms with Gasteiger partial charge in [0.25, 0.3) is 0 Å². The highest BCUT2D eigenvalue weighted by molar-refractivity contribution is 5.47. The minimum Gasteiger partial charge on any atom is -0.387 e. The average molecular weight is 284 g/mol. The summed E-state index contributed by atoms with van der Waals surface area (Å²) in [7, 11) is 0. The van der Waals surface area contributed by atoms with Crippen LogP contribution < -0.4 is 10.6 Å². The number of nitrogens with one attached hydrogen (secondary N) is 2. The summed E-state index contributed by atoms with van der Waals surface area (Å²) in [5.74, 6) is 0.846. The molecule has 3 rings (SSSR count). The second-order valence-corrected chi connectivity index (χ2v) is 5.20. The molecule has 2 aromatic rings. The Morgan fingerprint density at radius 2 is 1.95 bits per heavy atom. The van der Waals surface area contributed by atoms with Crippen LogP contribution in [0.4, 0.5) is 5.82 Å². The number of fused-ring (bicyclic) bond motifs is 1. The van der Waals surface area contributed by atoms with Crippen LogP contribution in [0.25, 0.3) is 0 Å². The SMILES string of the molecule is OC(CNc1ncnc2c1CCNCC2)c1ccccc1. The van der Waals surface area contributed by atoms with E-state index in [2.05, 4.69) is 20.6 Å². The van der Waals surface area contributed by atoms with Gasteiger partial charge in [0.1, 0.15) is 12.1 Å². The van der Waals surface area contributed by atoms with Gasteiger partial charge < -0.3 is 15.7 Å². The second-order valence-electron chi connectivity index (χ2n) is 5.20. The minimum atomic E-state index is -0.541. The molecule has 0 saturated carbocycles. The molecule has 5 heteroatoms. The van der Waals surface area contributed by atoms with Gasteiger partial charge >= 0.3 is 0 Å². The largest absolute Gasteiger partial charge is 0.387 e. The molecule has 1 unspecified atom stereocenters. The molecular formula is C16H20N4O. The zero-order chi connectivity index (χ0) is 14.5. The topological polar surface area (TPSA) is 70.1 Å². The van der Waals surface area contributed by atoms with Gasteiger partial charge in [0.05, 0.1) is 11.8 Å². The number of hydrogen-bond donors (Lipinski definition) is 3. The van der Waals surface area contributed by atoms with Crippen molar-refractivity contribution >= 4 is 5.82 Å². The molecule has 1 aromatic carbocycles. The molecular weight excluding hydrogens is 264 g/mol. The van der Waals surface area contributed by atoms with Gasteiger partial charge in [0, 0.05) is 25.1 Å². The van der Waals surface area contributed by atoms with Crippen LogP contribution in [0.15, 0.2) is 36.7 Å². The molecule has 3 N–H and O–H groups in total. The molecule has 110 valence electrons. The summed E-state index contributed by atoms with van der Waals surface area (Å²) < 4.78 is 0. The van der Waals surface area contributed by atoms with Crippen molar-refractivity contribution < 1.29 is 5.11 Å². The highest BCUT2D eigenvalue weighted by Crippen LogP contribution is 2.19. The summed E-state index contributed by atoms with van der Waals surface area (Å²) in [6, 6.07) is 9.66. The van der Waals surface area contributed by atoms with Crippen LogP contribution in [-0.2, 0) is 12.8 Å². The third-order valence-corrected chi connectivity index (χ3v) is 3.77. The van der Waals surface area contributed by atoms with E-state index in [1.165, 1.54) is 5.56 Å². The van der Waals surface area contributed by atoms with Crippen LogP contribution in [0.2, 0.25) is 0 Å². The van der Waals surface area contributed by atoms with Gasteiger partial charge in [-0.25, -0.2) is 9.97 Å². The molecule has 1 aliphatic rings. The van der Waals surface area contributed by atoms with E-state index in [4.69, 9.17) is 0 Å². The fourth-order valence-electron chi connectivity index (χ4n) is 2.61. The lowest BCUT2D eigenvalue weighted by Crippen LogP contribution is -2.17. The van der Waals surface area contributed by atoms with Crippen LogP contribution in [0.1, 0.15) is 22.9 Å². The van der Waals surface area contributed by atoms with Gasteiger partial charge in [-0.1, -0.05) is 30.3 Å². The molecule has 0 fully saturated rings. The van der Waals surface area contributed by atoms with Gasteiger partial charge in [-0.3, -0.25) is 0 Å². The maximum Gasteiger partial charge on any atom is 0.132 e. The highest BCUT2D eigenvalue weighted by Gasteiger charge is 2.15. The zero-order valence-corrected chi connectivity index (χ0v) is 11.9. The van der Waals surface area contributed by atoms with Crippen molar-refractivity contribution in [3.05, 3.63) is 53.5 Å². The van der Waals surface area contributed by atoms with Crippen molar-refractivity contribution in [1.29, 1.82) is 0 Å². The van der Waals surface area contributed by atoms with Crippen LogP contribution in [0.5, 0.6) is 0 Å². The third kappa shape index (κ3) is 3.37. The summed E-state index contributed by atoms with van der Waals surface area (Å²) >= 11 is 0. The lowest BCUT2D eigenvalue weighted by Gasteiger charge is -2.15. The molecule has 2 heterocycles. The summed E-state index contributed by atoms with van der Waals surface area (Å²) in [4.78, 5) is 8.71. The van der Waals surface area contributed by atoms with Gasteiger partial charge in [-0.15, -0.1) is 0 Å². The Kier molecular flexibility index (Phi) is 4.43. The molecule has 0 spiro atoms. The van der Waals surface area contributed by atoms with Crippen molar-refractivity contribution in [2.75, 3.05) is 25.0 Å². The van der Waals surface area contributed by atoms with Crippen LogP contribution in [-0.4, -0.2) is 34.7 Å². The normalized spacial score (nSPS) is 15.9. The van der Waals surface area contributed by atoms with Crippen molar-refractivity contribution in [2.24, 2.45) is 0 Å². The quantitative estimate of drug-likeness (QED) is 0.790. The number of anilines is 1. The number of hydrogen-bond acceptors (Lipinski definition) is 5. The number of aromatic nitrogens is 2. The first-order valence-corrected chi connectivity index (χ1v) is 7.35. The maximum absolute atomic E-state index is 10.2. The molecule has 21 heavy (non-hydrogen) atoms. The molecule has 5 nitrogen and oxygen atoms in total.